The molecule has 0 spiro atoms. The van der Waals surface area contributed by atoms with Crippen LogP contribution >= 0.6 is 22.9 Å². The summed E-state index contributed by atoms with van der Waals surface area (Å²) in [5.41, 5.74) is 2.04. The van der Waals surface area contributed by atoms with Crippen LogP contribution < -0.4 is 9.21 Å². The number of pyridine rings is 2. The fraction of sp³-hybridized carbons (Fsp3) is 0.0800. The molecule has 0 radical (unpaired) electrons. The summed E-state index contributed by atoms with van der Waals surface area (Å²) in [5.74, 6) is -6.43. The van der Waals surface area contributed by atoms with E-state index in [1.165, 1.54) is 41.5 Å². The summed E-state index contributed by atoms with van der Waals surface area (Å²) < 4.78 is 102. The zero-order chi connectivity index (χ0) is 31.8. The number of carbonyl (C=O) groups excluding carboxylic acids is 1. The summed E-state index contributed by atoms with van der Waals surface area (Å²) in [6.07, 6.45) is -0.0910. The monoisotopic (exact) mass is 672 g/mol. The number of hydrogen-bond donors (Lipinski definition) is 0. The Kier molecular flexibility index (Phi) is 8.23. The lowest BCUT2D eigenvalue weighted by molar-refractivity contribution is -0.199. The minimum absolute atomic E-state index is 0.0360. The molecule has 11 nitrogen and oxygen atoms in total. The highest BCUT2D eigenvalue weighted by Gasteiger charge is 2.45. The van der Waals surface area contributed by atoms with E-state index in [1.54, 1.807) is 13.2 Å². The van der Waals surface area contributed by atoms with Crippen LogP contribution in [-0.4, -0.2) is 45.3 Å². The quantitative estimate of drug-likeness (QED) is 0.112. The average Bonchev–Trinajstić information content (AvgIpc) is 3.65. The van der Waals surface area contributed by atoms with Gasteiger partial charge in [0.1, 0.15) is 16.5 Å². The van der Waals surface area contributed by atoms with E-state index in [0.29, 0.717) is 23.3 Å². The number of thiazole rings is 1. The average molecular weight is 673 g/mol. The standard InChI is InChI=1S/C25H14ClF5N6O5S2/c1-36-10-13(8-35-36)15-5-18(14-3-2-4-32-23(14)28)33-9-20(15)41-19-7-17(27)21(6-16(19)26)44(39,40)37(22-11-43-12-34-22)42-24(38)25(29,30)31/h2-12H,1H3. The molecular formula is C25H14ClF5N6O5S2. The van der Waals surface area contributed by atoms with E-state index in [9.17, 15) is 30.8 Å². The molecule has 4 aromatic heterocycles. The van der Waals surface area contributed by atoms with E-state index >= 15 is 4.39 Å². The van der Waals surface area contributed by atoms with Crippen LogP contribution in [0.1, 0.15) is 0 Å². The highest BCUT2D eigenvalue weighted by Crippen LogP contribution is 2.40. The van der Waals surface area contributed by atoms with Gasteiger partial charge in [-0.3, -0.25) is 9.67 Å². The van der Waals surface area contributed by atoms with Crippen LogP contribution in [-0.2, 0) is 26.7 Å². The zero-order valence-electron chi connectivity index (χ0n) is 21.7. The van der Waals surface area contributed by atoms with Gasteiger partial charge >= 0.3 is 12.1 Å². The second-order valence-electron chi connectivity index (χ2n) is 8.58. The second-order valence-corrected chi connectivity index (χ2v) is 11.4. The van der Waals surface area contributed by atoms with E-state index in [2.05, 4.69) is 24.9 Å². The maximum Gasteiger partial charge on any atom is 0.493 e. The van der Waals surface area contributed by atoms with Gasteiger partial charge in [0.05, 0.1) is 34.2 Å². The molecule has 0 aliphatic heterocycles. The Bertz CT molecular complexity index is 1970. The Morgan fingerprint density at radius 2 is 1.84 bits per heavy atom. The molecule has 0 saturated carbocycles. The fourth-order valence-corrected chi connectivity index (χ4v) is 5.78. The first-order valence-electron chi connectivity index (χ1n) is 11.7. The number of hydrogen-bond acceptors (Lipinski definition) is 10. The van der Waals surface area contributed by atoms with Crippen LogP contribution in [0.4, 0.5) is 27.8 Å². The number of aromatic nitrogens is 5. The second kappa shape index (κ2) is 11.8. The molecule has 1 aromatic carbocycles. The van der Waals surface area contributed by atoms with Gasteiger partial charge in [-0.15, -0.1) is 11.3 Å². The van der Waals surface area contributed by atoms with E-state index in [0.717, 1.165) is 22.2 Å². The molecular weight excluding hydrogens is 659 g/mol. The number of sulfonamides is 1. The molecule has 19 heteroatoms. The number of halogens is 6. The first-order valence-corrected chi connectivity index (χ1v) is 14.5. The molecule has 4 heterocycles. The van der Waals surface area contributed by atoms with Gasteiger partial charge in [0.2, 0.25) is 5.95 Å². The first kappa shape index (κ1) is 30.8. The van der Waals surface area contributed by atoms with Crippen molar-refractivity contribution in [2.24, 2.45) is 7.05 Å². The van der Waals surface area contributed by atoms with Gasteiger partial charge in [0, 0.05) is 42.0 Å². The molecule has 5 rings (SSSR count). The summed E-state index contributed by atoms with van der Waals surface area (Å²) in [4.78, 5) is 25.6. The predicted molar refractivity (Wildman–Crippen MR) is 145 cm³/mol. The third-order valence-electron chi connectivity index (χ3n) is 5.62. The highest BCUT2D eigenvalue weighted by atomic mass is 35.5. The van der Waals surface area contributed by atoms with Gasteiger partial charge in [-0.05, 0) is 24.3 Å². The number of nitrogens with zero attached hydrogens (tertiary/aromatic N) is 6. The number of anilines is 1. The van der Waals surface area contributed by atoms with Gasteiger partial charge < -0.3 is 9.57 Å². The third kappa shape index (κ3) is 6.17. The Labute approximate surface area is 253 Å². The Balaban J connectivity index is 1.54. The van der Waals surface area contributed by atoms with Gasteiger partial charge in [0.15, 0.2) is 11.6 Å². The lowest BCUT2D eigenvalue weighted by Crippen LogP contribution is -2.39. The maximum absolute atomic E-state index is 15.4. The van der Waals surface area contributed by atoms with Crippen LogP contribution in [0.2, 0.25) is 5.02 Å². The number of benzene rings is 1. The maximum atomic E-state index is 15.4. The van der Waals surface area contributed by atoms with Gasteiger partial charge in [-0.1, -0.05) is 16.1 Å². The van der Waals surface area contributed by atoms with E-state index in [-0.39, 0.29) is 17.0 Å². The summed E-state index contributed by atoms with van der Waals surface area (Å²) >= 11 is 7.01. The van der Waals surface area contributed by atoms with Gasteiger partial charge in [0.25, 0.3) is 10.0 Å². The minimum Gasteiger partial charge on any atom is -0.453 e. The van der Waals surface area contributed by atoms with Crippen molar-refractivity contribution < 1.29 is 44.7 Å². The summed E-state index contributed by atoms with van der Waals surface area (Å²) in [5, 5.41) is 4.53. The number of carbonyl (C=O) groups is 1. The van der Waals surface area contributed by atoms with Crippen molar-refractivity contribution in [3.63, 3.8) is 0 Å². The molecule has 0 aliphatic rings. The Hall–Kier alpha value is -4.68. The molecule has 0 saturated heterocycles. The SMILES string of the molecule is Cn1cc(-c2cc(-c3cccnc3F)ncc2Oc2cc(F)c(S(=O)(=O)N(OC(=O)C(F)(F)F)c3cscn3)cc2Cl)cn1. The van der Waals surface area contributed by atoms with Crippen LogP contribution in [0.15, 0.2) is 70.9 Å². The molecule has 0 N–H and O–H groups in total. The molecule has 0 amide bonds. The Morgan fingerprint density at radius 3 is 2.48 bits per heavy atom. The molecule has 0 bridgehead atoms. The molecule has 0 fully saturated rings. The van der Waals surface area contributed by atoms with Gasteiger partial charge in [-0.2, -0.15) is 31.1 Å². The first-order chi connectivity index (χ1) is 20.8. The highest BCUT2D eigenvalue weighted by molar-refractivity contribution is 7.92. The lowest BCUT2D eigenvalue weighted by atomic mass is 10.1. The van der Waals surface area contributed by atoms with E-state index in [4.69, 9.17) is 16.3 Å². The van der Waals surface area contributed by atoms with Crippen molar-refractivity contribution in [1.82, 2.24) is 24.7 Å². The third-order valence-corrected chi connectivity index (χ3v) is 8.06. The predicted octanol–water partition coefficient (Wildman–Crippen LogP) is 5.94. The molecule has 44 heavy (non-hydrogen) atoms. The largest absolute Gasteiger partial charge is 0.493 e. The summed E-state index contributed by atoms with van der Waals surface area (Å²) in [6, 6.07) is 5.52. The van der Waals surface area contributed by atoms with Crippen molar-refractivity contribution in [1.29, 1.82) is 0 Å². The summed E-state index contributed by atoms with van der Waals surface area (Å²) in [6.45, 7) is 0. The smallest absolute Gasteiger partial charge is 0.453 e. The molecule has 0 atom stereocenters. The van der Waals surface area contributed by atoms with Crippen LogP contribution in [0.25, 0.3) is 22.4 Å². The van der Waals surface area contributed by atoms with E-state index in [1.807, 2.05) is 0 Å². The number of aryl methyl sites for hydroxylation is 1. The van der Waals surface area contributed by atoms with E-state index < -0.39 is 59.9 Å². The minimum atomic E-state index is -5.59. The van der Waals surface area contributed by atoms with Crippen LogP contribution in [0, 0.1) is 11.8 Å². The molecule has 0 unspecified atom stereocenters. The van der Waals surface area contributed by atoms with Crippen LogP contribution in [0.3, 0.4) is 0 Å². The number of alkyl halides is 3. The van der Waals surface area contributed by atoms with Gasteiger partial charge in [-0.25, -0.2) is 19.2 Å². The molecule has 5 aromatic rings. The van der Waals surface area contributed by atoms with Crippen molar-refractivity contribution in [2.75, 3.05) is 4.47 Å². The number of rotatable bonds is 8. The van der Waals surface area contributed by atoms with Crippen LogP contribution in [0.5, 0.6) is 11.5 Å². The van der Waals surface area contributed by atoms with Crippen molar-refractivity contribution in [3.05, 3.63) is 82.8 Å². The zero-order valence-corrected chi connectivity index (χ0v) is 24.0. The molecule has 228 valence electrons. The van der Waals surface area contributed by atoms with Crippen molar-refractivity contribution in [3.8, 4) is 33.9 Å². The topological polar surface area (TPSA) is 129 Å². The summed E-state index contributed by atoms with van der Waals surface area (Å²) in [7, 11) is -3.72. The number of ether oxygens (including phenoxy) is 1. The normalized spacial score (nSPS) is 11.8. The van der Waals surface area contributed by atoms with Crippen molar-refractivity contribution >= 4 is 44.7 Å². The fourth-order valence-electron chi connectivity index (χ4n) is 3.67. The molecule has 0 aliphatic carbocycles. The van der Waals surface area contributed by atoms with Crippen molar-refractivity contribution in [2.45, 2.75) is 11.1 Å². The Morgan fingerprint density at radius 1 is 1.07 bits per heavy atom. The lowest BCUT2D eigenvalue weighted by Gasteiger charge is -2.21.